The first-order chi connectivity index (χ1) is 19.8. The van der Waals surface area contributed by atoms with Crippen LogP contribution in [0.5, 0.6) is 0 Å². The van der Waals surface area contributed by atoms with E-state index in [-0.39, 0.29) is 24.3 Å². The third kappa shape index (κ3) is 7.02. The molecular formula is C31H41N6O3P. The molecule has 1 aromatic carbocycles. The van der Waals surface area contributed by atoms with Crippen molar-refractivity contribution in [3.05, 3.63) is 60.1 Å². The van der Waals surface area contributed by atoms with Gasteiger partial charge < -0.3 is 19.1 Å². The molecule has 1 amide bonds. The van der Waals surface area contributed by atoms with Crippen LogP contribution in [0.4, 0.5) is 5.82 Å². The van der Waals surface area contributed by atoms with E-state index < -0.39 is 8.30 Å². The monoisotopic (exact) mass is 576 g/mol. The molecule has 4 atom stereocenters. The molecule has 1 saturated heterocycles. The Morgan fingerprint density at radius 2 is 2.00 bits per heavy atom. The van der Waals surface area contributed by atoms with Crippen LogP contribution in [0.2, 0.25) is 0 Å². The first-order valence-corrected chi connectivity index (χ1v) is 15.8. The van der Waals surface area contributed by atoms with Crippen LogP contribution >= 0.6 is 8.30 Å². The minimum absolute atomic E-state index is 0.0880. The molecule has 0 unspecified atom stereocenters. The lowest BCUT2D eigenvalue weighted by Crippen LogP contribution is -2.35. The van der Waals surface area contributed by atoms with E-state index in [0.29, 0.717) is 48.1 Å². The van der Waals surface area contributed by atoms with Gasteiger partial charge in [0.1, 0.15) is 32.3 Å². The van der Waals surface area contributed by atoms with E-state index in [9.17, 15) is 10.1 Å². The number of ether oxygens (including phenoxy) is 1. The Hall–Kier alpha value is -3.15. The van der Waals surface area contributed by atoms with Gasteiger partial charge in [-0.05, 0) is 53.2 Å². The number of aromatic nitrogens is 3. The van der Waals surface area contributed by atoms with Gasteiger partial charge in [0.2, 0.25) is 0 Å². The van der Waals surface area contributed by atoms with Crippen molar-refractivity contribution >= 4 is 37.1 Å². The lowest BCUT2D eigenvalue weighted by Gasteiger charge is -2.38. The van der Waals surface area contributed by atoms with Crippen molar-refractivity contribution in [2.45, 2.75) is 91.3 Å². The molecule has 1 fully saturated rings. The standard InChI is InChI=1S/C31H41N6O3P/c1-7-13-24-19-36(30-28(24)29(33-20-34-30)35-31(38)23-14-10-9-11-15-23)27-18-26(25(8-2)39-27)40-41(17-12-16-32)37(21(3)4)22(5)6/h7,9-11,13-15,19-22,25-27H,8,12,17-18H2,1-6H3,(H,33,34,35,38)/b13-7+/t25-,26+,27-,41-/m1/s1. The number of carbonyl (C=O) groups excluding carboxylic acids is 1. The number of benzene rings is 1. The van der Waals surface area contributed by atoms with Crippen molar-refractivity contribution in [2.24, 2.45) is 0 Å². The number of allylic oxidation sites excluding steroid dienone is 1. The number of nitriles is 1. The number of amides is 1. The fourth-order valence-corrected chi connectivity index (χ4v) is 7.78. The van der Waals surface area contributed by atoms with Crippen LogP contribution in [0.25, 0.3) is 17.1 Å². The molecule has 10 heteroatoms. The lowest BCUT2D eigenvalue weighted by atomic mass is 10.1. The van der Waals surface area contributed by atoms with Crippen LogP contribution in [0.15, 0.2) is 48.9 Å². The Bertz CT molecular complexity index is 1380. The second-order valence-electron chi connectivity index (χ2n) is 10.7. The van der Waals surface area contributed by atoms with Crippen molar-refractivity contribution in [3.8, 4) is 6.07 Å². The summed E-state index contributed by atoms with van der Waals surface area (Å²) in [4.78, 5) is 22.0. The SMILES string of the molecule is C/C=C/c1cn([C@H]2C[C@H](O[P@](CCC#N)N(C(C)C)C(C)C)[C@@H](CC)O2)c2ncnc(NC(=O)c3ccccc3)c12. The van der Waals surface area contributed by atoms with Gasteiger partial charge in [-0.1, -0.05) is 37.3 Å². The largest absolute Gasteiger partial charge is 0.352 e. The average molecular weight is 577 g/mol. The normalized spacial score (nSPS) is 20.0. The van der Waals surface area contributed by atoms with Gasteiger partial charge >= 0.3 is 0 Å². The van der Waals surface area contributed by atoms with Gasteiger partial charge in [0.25, 0.3) is 5.91 Å². The maximum absolute atomic E-state index is 13.0. The van der Waals surface area contributed by atoms with Crippen molar-refractivity contribution in [3.63, 3.8) is 0 Å². The predicted octanol–water partition coefficient (Wildman–Crippen LogP) is 7.14. The highest BCUT2D eigenvalue weighted by atomic mass is 31.2. The average Bonchev–Trinajstić information content (AvgIpc) is 3.53. The Labute approximate surface area is 244 Å². The van der Waals surface area contributed by atoms with Crippen molar-refractivity contribution in [1.29, 1.82) is 5.26 Å². The van der Waals surface area contributed by atoms with Crippen LogP contribution in [0.1, 0.15) is 83.0 Å². The third-order valence-electron chi connectivity index (χ3n) is 7.13. The topological polar surface area (TPSA) is 105 Å². The molecule has 4 rings (SSSR count). The Morgan fingerprint density at radius 3 is 2.63 bits per heavy atom. The summed E-state index contributed by atoms with van der Waals surface area (Å²) in [6.07, 6.45) is 9.57. The molecule has 0 spiro atoms. The molecule has 1 aliphatic heterocycles. The lowest BCUT2D eigenvalue weighted by molar-refractivity contribution is -0.0138. The first-order valence-electron chi connectivity index (χ1n) is 14.4. The van der Waals surface area contributed by atoms with E-state index in [1.165, 1.54) is 6.33 Å². The van der Waals surface area contributed by atoms with E-state index in [0.717, 1.165) is 17.4 Å². The van der Waals surface area contributed by atoms with Gasteiger partial charge in [-0.3, -0.25) is 9.46 Å². The van der Waals surface area contributed by atoms with Crippen LogP contribution < -0.4 is 5.32 Å². The number of nitrogens with zero attached hydrogens (tertiary/aromatic N) is 5. The number of nitrogens with one attached hydrogen (secondary N) is 1. The third-order valence-corrected chi connectivity index (χ3v) is 9.69. The predicted molar refractivity (Wildman–Crippen MR) is 164 cm³/mol. The molecule has 41 heavy (non-hydrogen) atoms. The summed E-state index contributed by atoms with van der Waals surface area (Å²) in [5.74, 6) is 0.227. The second-order valence-corrected chi connectivity index (χ2v) is 12.5. The van der Waals surface area contributed by atoms with Gasteiger partial charge in [0.15, 0.2) is 0 Å². The maximum Gasteiger partial charge on any atom is 0.256 e. The summed E-state index contributed by atoms with van der Waals surface area (Å²) >= 11 is 0. The second kappa shape index (κ2) is 14.2. The summed E-state index contributed by atoms with van der Waals surface area (Å²) in [5.41, 5.74) is 2.14. The summed E-state index contributed by atoms with van der Waals surface area (Å²) < 4.78 is 17.9. The van der Waals surface area contributed by atoms with Gasteiger partial charge in [-0.15, -0.1) is 0 Å². The molecular weight excluding hydrogens is 535 g/mol. The molecule has 3 heterocycles. The molecule has 1 N–H and O–H groups in total. The van der Waals surface area contributed by atoms with Gasteiger partial charge in [-0.25, -0.2) is 9.97 Å². The summed E-state index contributed by atoms with van der Waals surface area (Å²) in [5, 5.41) is 13.1. The maximum atomic E-state index is 13.0. The van der Waals surface area contributed by atoms with Crippen molar-refractivity contribution in [2.75, 3.05) is 11.5 Å². The molecule has 0 saturated carbocycles. The highest BCUT2D eigenvalue weighted by molar-refractivity contribution is 7.50. The van der Waals surface area contributed by atoms with E-state index in [1.54, 1.807) is 12.1 Å². The molecule has 218 valence electrons. The molecule has 3 aromatic rings. The highest BCUT2D eigenvalue weighted by Gasteiger charge is 2.40. The zero-order valence-electron chi connectivity index (χ0n) is 24.8. The smallest absolute Gasteiger partial charge is 0.256 e. The Morgan fingerprint density at radius 1 is 1.27 bits per heavy atom. The molecule has 0 aliphatic carbocycles. The summed E-state index contributed by atoms with van der Waals surface area (Å²) in [7, 11) is -0.975. The molecule has 0 radical (unpaired) electrons. The van der Waals surface area contributed by atoms with Crippen molar-refractivity contribution in [1.82, 2.24) is 19.2 Å². The Kier molecular flexibility index (Phi) is 10.6. The van der Waals surface area contributed by atoms with Crippen LogP contribution in [0.3, 0.4) is 0 Å². The van der Waals surface area contributed by atoms with E-state index in [2.05, 4.69) is 60.6 Å². The minimum atomic E-state index is -0.975. The van der Waals surface area contributed by atoms with Crippen LogP contribution in [-0.4, -0.2) is 55.6 Å². The zero-order chi connectivity index (χ0) is 29.5. The first kappa shape index (κ1) is 30.8. The minimum Gasteiger partial charge on any atom is -0.352 e. The van der Waals surface area contributed by atoms with Crippen molar-refractivity contribution < 1.29 is 14.1 Å². The summed E-state index contributed by atoms with van der Waals surface area (Å²) in [6, 6.07) is 12.0. The zero-order valence-corrected chi connectivity index (χ0v) is 25.7. The molecule has 2 aromatic heterocycles. The number of hydrogen-bond donors (Lipinski definition) is 1. The van der Waals surface area contributed by atoms with E-state index >= 15 is 0 Å². The quantitative estimate of drug-likeness (QED) is 0.228. The highest BCUT2D eigenvalue weighted by Crippen LogP contribution is 2.50. The number of anilines is 1. The Balaban J connectivity index is 1.65. The molecule has 1 aliphatic rings. The molecule has 9 nitrogen and oxygen atoms in total. The van der Waals surface area contributed by atoms with E-state index in [4.69, 9.17) is 9.26 Å². The van der Waals surface area contributed by atoms with E-state index in [1.807, 2.05) is 48.0 Å². The summed E-state index contributed by atoms with van der Waals surface area (Å²) in [6.45, 7) is 12.8. The fourth-order valence-electron chi connectivity index (χ4n) is 5.48. The number of fused-ring (bicyclic) bond motifs is 1. The van der Waals surface area contributed by atoms with Gasteiger partial charge in [0.05, 0.1) is 23.7 Å². The molecule has 0 bridgehead atoms. The number of carbonyl (C=O) groups is 1. The number of rotatable bonds is 12. The van der Waals surface area contributed by atoms with Gasteiger partial charge in [-0.2, -0.15) is 5.26 Å². The van der Waals surface area contributed by atoms with Gasteiger partial charge in [0, 0.05) is 48.4 Å². The van der Waals surface area contributed by atoms with Crippen LogP contribution in [0, 0.1) is 11.3 Å². The number of hydrogen-bond acceptors (Lipinski definition) is 7. The van der Waals surface area contributed by atoms with Crippen LogP contribution in [-0.2, 0) is 9.26 Å². The fraction of sp³-hybridized carbons (Fsp3) is 0.484.